The van der Waals surface area contributed by atoms with Gasteiger partial charge in [0.05, 0.1) is 0 Å². The molecule has 24 heavy (non-hydrogen) atoms. The van der Waals surface area contributed by atoms with Crippen molar-refractivity contribution >= 4 is 6.03 Å². The topological polar surface area (TPSA) is 55.8 Å². The Kier molecular flexibility index (Phi) is 6.10. The second kappa shape index (κ2) is 8.49. The van der Waals surface area contributed by atoms with Gasteiger partial charge in [-0.1, -0.05) is 30.3 Å². The van der Waals surface area contributed by atoms with E-state index in [2.05, 4.69) is 34.5 Å². The minimum atomic E-state index is 0.0275. The van der Waals surface area contributed by atoms with Gasteiger partial charge in [-0.2, -0.15) is 0 Å². The number of nitrogens with zero attached hydrogens (tertiary/aromatic N) is 2. The van der Waals surface area contributed by atoms with E-state index in [9.17, 15) is 9.90 Å². The second-order valence-electron chi connectivity index (χ2n) is 7.08. The summed E-state index contributed by atoms with van der Waals surface area (Å²) in [5, 5.41) is 12.4. The normalized spacial score (nSPS) is 25.0. The van der Waals surface area contributed by atoms with Crippen LogP contribution in [0.4, 0.5) is 4.79 Å². The molecule has 5 heteroatoms. The van der Waals surface area contributed by atoms with Crippen molar-refractivity contribution < 1.29 is 9.90 Å². The van der Waals surface area contributed by atoms with Gasteiger partial charge < -0.3 is 15.3 Å². The Morgan fingerprint density at radius 1 is 1.17 bits per heavy atom. The van der Waals surface area contributed by atoms with Crippen molar-refractivity contribution in [2.45, 2.75) is 38.3 Å². The largest absolute Gasteiger partial charge is 0.396 e. The monoisotopic (exact) mass is 331 g/mol. The molecule has 0 aromatic heterocycles. The van der Waals surface area contributed by atoms with Crippen LogP contribution in [0.15, 0.2) is 30.3 Å². The molecule has 2 heterocycles. The van der Waals surface area contributed by atoms with Crippen molar-refractivity contribution in [2.75, 3.05) is 32.8 Å². The Labute approximate surface area is 144 Å². The summed E-state index contributed by atoms with van der Waals surface area (Å²) in [7, 11) is 0. The predicted molar refractivity (Wildman–Crippen MR) is 94.7 cm³/mol. The van der Waals surface area contributed by atoms with Crippen molar-refractivity contribution in [3.63, 3.8) is 0 Å². The number of amides is 2. The number of carbonyl (C=O) groups excluding carboxylic acids is 1. The number of likely N-dealkylation sites (tertiary alicyclic amines) is 2. The zero-order valence-electron chi connectivity index (χ0n) is 14.4. The number of nitrogens with one attached hydrogen (secondary N) is 1. The summed E-state index contributed by atoms with van der Waals surface area (Å²) in [6, 6.07) is 11.0. The molecule has 2 saturated heterocycles. The molecule has 1 aromatic rings. The molecule has 0 saturated carbocycles. The number of aliphatic hydroxyl groups excluding tert-OH is 1. The minimum Gasteiger partial charge on any atom is -0.396 e. The minimum absolute atomic E-state index is 0.0275. The molecule has 3 rings (SSSR count). The van der Waals surface area contributed by atoms with Crippen LogP contribution in [0.2, 0.25) is 0 Å². The number of benzene rings is 1. The van der Waals surface area contributed by atoms with Crippen LogP contribution in [0, 0.1) is 5.92 Å². The maximum Gasteiger partial charge on any atom is 0.317 e. The number of hydrogen-bond donors (Lipinski definition) is 2. The average Bonchev–Trinajstić information content (AvgIpc) is 3.07. The molecule has 0 spiro atoms. The van der Waals surface area contributed by atoms with Crippen LogP contribution >= 0.6 is 0 Å². The Morgan fingerprint density at radius 2 is 1.96 bits per heavy atom. The fraction of sp³-hybridized carbons (Fsp3) is 0.632. The van der Waals surface area contributed by atoms with E-state index in [1.54, 1.807) is 0 Å². The van der Waals surface area contributed by atoms with Gasteiger partial charge in [0.2, 0.25) is 0 Å². The van der Waals surface area contributed by atoms with Gasteiger partial charge in [0.1, 0.15) is 0 Å². The first-order valence-electron chi connectivity index (χ1n) is 9.18. The van der Waals surface area contributed by atoms with Gasteiger partial charge in [0.25, 0.3) is 0 Å². The first kappa shape index (κ1) is 17.2. The Morgan fingerprint density at radius 3 is 2.75 bits per heavy atom. The lowest BCUT2D eigenvalue weighted by Crippen LogP contribution is -2.49. The van der Waals surface area contributed by atoms with Crippen molar-refractivity contribution in [3.05, 3.63) is 35.9 Å². The lowest BCUT2D eigenvalue weighted by Gasteiger charge is -2.32. The number of rotatable bonds is 5. The van der Waals surface area contributed by atoms with Crippen LogP contribution in [-0.2, 0) is 6.54 Å². The lowest BCUT2D eigenvalue weighted by atomic mass is 9.99. The van der Waals surface area contributed by atoms with Gasteiger partial charge in [-0.3, -0.25) is 4.90 Å². The van der Waals surface area contributed by atoms with E-state index in [1.807, 2.05) is 11.0 Å². The zero-order chi connectivity index (χ0) is 16.8. The van der Waals surface area contributed by atoms with E-state index >= 15 is 0 Å². The fourth-order valence-corrected chi connectivity index (χ4v) is 3.87. The van der Waals surface area contributed by atoms with Crippen LogP contribution in [0.3, 0.4) is 0 Å². The first-order valence-corrected chi connectivity index (χ1v) is 9.18. The molecule has 2 aliphatic heterocycles. The van der Waals surface area contributed by atoms with Crippen LogP contribution < -0.4 is 5.32 Å². The fourth-order valence-electron chi connectivity index (χ4n) is 3.87. The number of aliphatic hydroxyl groups is 1. The number of urea groups is 1. The van der Waals surface area contributed by atoms with Gasteiger partial charge in [0.15, 0.2) is 0 Å². The molecule has 2 amide bonds. The average molecular weight is 331 g/mol. The SMILES string of the molecule is O=C(NCC1CCCN1Cc1ccccc1)N1CCCC(CO)C1. The van der Waals surface area contributed by atoms with E-state index in [0.717, 1.165) is 38.9 Å². The predicted octanol–water partition coefficient (Wildman–Crippen LogP) is 2.06. The third-order valence-corrected chi connectivity index (χ3v) is 5.28. The maximum atomic E-state index is 12.4. The summed E-state index contributed by atoms with van der Waals surface area (Å²) in [6.07, 6.45) is 4.35. The number of carbonyl (C=O) groups is 1. The highest BCUT2D eigenvalue weighted by molar-refractivity contribution is 5.74. The summed E-state index contributed by atoms with van der Waals surface area (Å²) < 4.78 is 0. The molecule has 2 unspecified atom stereocenters. The van der Waals surface area contributed by atoms with Crippen LogP contribution in [0.1, 0.15) is 31.2 Å². The van der Waals surface area contributed by atoms with Gasteiger partial charge in [-0.05, 0) is 43.7 Å². The molecule has 1 aromatic carbocycles. The van der Waals surface area contributed by atoms with Crippen LogP contribution in [-0.4, -0.2) is 59.8 Å². The smallest absolute Gasteiger partial charge is 0.317 e. The molecular formula is C19H29N3O2. The molecule has 0 bridgehead atoms. The van der Waals surface area contributed by atoms with Crippen molar-refractivity contribution in [1.82, 2.24) is 15.1 Å². The summed E-state index contributed by atoms with van der Waals surface area (Å²) in [6.45, 7) is 4.44. The zero-order valence-corrected chi connectivity index (χ0v) is 14.4. The first-order chi connectivity index (χ1) is 11.8. The highest BCUT2D eigenvalue weighted by Crippen LogP contribution is 2.20. The van der Waals surface area contributed by atoms with E-state index in [4.69, 9.17) is 0 Å². The summed E-state index contributed by atoms with van der Waals surface area (Å²) in [4.78, 5) is 16.7. The Balaban J connectivity index is 1.47. The van der Waals surface area contributed by atoms with Crippen molar-refractivity contribution in [3.8, 4) is 0 Å². The molecule has 2 fully saturated rings. The maximum absolute atomic E-state index is 12.4. The van der Waals surface area contributed by atoms with Crippen molar-refractivity contribution in [1.29, 1.82) is 0 Å². The number of hydrogen-bond acceptors (Lipinski definition) is 3. The second-order valence-corrected chi connectivity index (χ2v) is 7.08. The summed E-state index contributed by atoms with van der Waals surface area (Å²) >= 11 is 0. The third-order valence-electron chi connectivity index (χ3n) is 5.28. The van der Waals surface area contributed by atoms with E-state index in [0.29, 0.717) is 19.1 Å². The van der Waals surface area contributed by atoms with Crippen molar-refractivity contribution in [2.24, 2.45) is 5.92 Å². The molecule has 5 nitrogen and oxygen atoms in total. The summed E-state index contributed by atoms with van der Waals surface area (Å²) in [5.74, 6) is 0.241. The molecule has 0 radical (unpaired) electrons. The summed E-state index contributed by atoms with van der Waals surface area (Å²) in [5.41, 5.74) is 1.33. The lowest BCUT2D eigenvalue weighted by molar-refractivity contribution is 0.128. The third kappa shape index (κ3) is 4.48. The van der Waals surface area contributed by atoms with Gasteiger partial charge in [0, 0.05) is 38.8 Å². The highest BCUT2D eigenvalue weighted by atomic mass is 16.3. The highest BCUT2D eigenvalue weighted by Gasteiger charge is 2.27. The standard InChI is InChI=1S/C19H29N3O2/c23-15-17-8-4-11-22(14-17)19(24)20-12-18-9-5-10-21(18)13-16-6-2-1-3-7-16/h1-3,6-7,17-18,23H,4-5,8-15H2,(H,20,24). The van der Waals surface area contributed by atoms with Gasteiger partial charge in [-0.25, -0.2) is 4.79 Å². The number of piperidine rings is 1. The quantitative estimate of drug-likeness (QED) is 0.868. The van der Waals surface area contributed by atoms with E-state index in [-0.39, 0.29) is 18.6 Å². The van der Waals surface area contributed by atoms with Gasteiger partial charge in [-0.15, -0.1) is 0 Å². The van der Waals surface area contributed by atoms with Gasteiger partial charge >= 0.3 is 6.03 Å². The Hall–Kier alpha value is -1.59. The van der Waals surface area contributed by atoms with Crippen LogP contribution in [0.25, 0.3) is 0 Å². The molecule has 2 aliphatic rings. The molecular weight excluding hydrogens is 302 g/mol. The molecule has 132 valence electrons. The van der Waals surface area contributed by atoms with E-state index < -0.39 is 0 Å². The Bertz CT molecular complexity index is 523. The van der Waals surface area contributed by atoms with E-state index in [1.165, 1.54) is 12.0 Å². The molecule has 2 atom stereocenters. The molecule has 2 N–H and O–H groups in total. The molecule has 0 aliphatic carbocycles. The van der Waals surface area contributed by atoms with Crippen LogP contribution in [0.5, 0.6) is 0 Å².